The van der Waals surface area contributed by atoms with E-state index in [2.05, 4.69) is 15.9 Å². The van der Waals surface area contributed by atoms with Crippen LogP contribution in [0.5, 0.6) is 0 Å². The van der Waals surface area contributed by atoms with Gasteiger partial charge in [0.2, 0.25) is 0 Å². The highest BCUT2D eigenvalue weighted by Gasteiger charge is 2.05. The lowest BCUT2D eigenvalue weighted by atomic mass is 10.0. The molecule has 0 unspecified atom stereocenters. The molecule has 0 radical (unpaired) electrons. The first-order valence-corrected chi connectivity index (χ1v) is 6.05. The first kappa shape index (κ1) is 11.7. The molecule has 0 atom stereocenters. The maximum atomic E-state index is 11.3. The quantitative estimate of drug-likeness (QED) is 0.771. The number of alkyl halides is 2. The van der Waals surface area contributed by atoms with Crippen molar-refractivity contribution in [2.75, 3.05) is 5.33 Å². The molecular weight excluding hydrogens is 263 g/mol. The van der Waals surface area contributed by atoms with Crippen LogP contribution in [0.1, 0.15) is 16.7 Å². The number of ketones is 1. The van der Waals surface area contributed by atoms with Crippen molar-refractivity contribution >= 4 is 33.3 Å². The lowest BCUT2D eigenvalue weighted by Gasteiger charge is -2.05. The molecule has 1 aromatic rings. The maximum absolute atomic E-state index is 11.3. The van der Waals surface area contributed by atoms with Crippen molar-refractivity contribution in [3.8, 4) is 0 Å². The summed E-state index contributed by atoms with van der Waals surface area (Å²) < 4.78 is 0. The maximum Gasteiger partial charge on any atom is 0.147 e. The van der Waals surface area contributed by atoms with Gasteiger partial charge >= 0.3 is 0 Å². The minimum atomic E-state index is 0.194. The van der Waals surface area contributed by atoms with Gasteiger partial charge in [0.1, 0.15) is 5.78 Å². The predicted molar refractivity (Wildman–Crippen MR) is 63.2 cm³/mol. The van der Waals surface area contributed by atoms with Gasteiger partial charge in [-0.2, -0.15) is 0 Å². The molecular formula is C11H12BrClO. The Bertz CT molecular complexity index is 336. The van der Waals surface area contributed by atoms with Crippen LogP contribution in [0.25, 0.3) is 0 Å². The monoisotopic (exact) mass is 274 g/mol. The van der Waals surface area contributed by atoms with Crippen molar-refractivity contribution in [3.63, 3.8) is 0 Å². The van der Waals surface area contributed by atoms with Gasteiger partial charge in [-0.1, -0.05) is 34.1 Å². The van der Waals surface area contributed by atoms with Gasteiger partial charge in [0.05, 0.1) is 5.33 Å². The van der Waals surface area contributed by atoms with Crippen LogP contribution in [-0.2, 0) is 17.1 Å². The average Bonchev–Trinajstić information content (AvgIpc) is 2.21. The molecule has 1 nitrogen and oxygen atoms in total. The van der Waals surface area contributed by atoms with Crippen LogP contribution in [0.15, 0.2) is 18.2 Å². The largest absolute Gasteiger partial charge is 0.298 e. The first-order valence-electron chi connectivity index (χ1n) is 4.39. The Morgan fingerprint density at radius 2 is 2.21 bits per heavy atom. The van der Waals surface area contributed by atoms with Crippen LogP contribution in [0.2, 0.25) is 0 Å². The fraction of sp³-hybridized carbons (Fsp3) is 0.364. The molecule has 0 aliphatic heterocycles. The fourth-order valence-electron chi connectivity index (χ4n) is 1.26. The van der Waals surface area contributed by atoms with Gasteiger partial charge in [-0.3, -0.25) is 4.79 Å². The van der Waals surface area contributed by atoms with Crippen molar-refractivity contribution in [1.82, 2.24) is 0 Å². The molecule has 0 amide bonds. The zero-order valence-electron chi connectivity index (χ0n) is 8.02. The summed E-state index contributed by atoms with van der Waals surface area (Å²) >= 11 is 8.88. The van der Waals surface area contributed by atoms with Gasteiger partial charge in [-0.25, -0.2) is 0 Å². The zero-order valence-corrected chi connectivity index (χ0v) is 10.4. The molecule has 0 fully saturated rings. The smallest absolute Gasteiger partial charge is 0.147 e. The van der Waals surface area contributed by atoms with E-state index in [0.717, 1.165) is 16.7 Å². The molecule has 0 heterocycles. The summed E-state index contributed by atoms with van der Waals surface area (Å²) in [7, 11) is 0. The molecule has 0 spiro atoms. The van der Waals surface area contributed by atoms with Crippen LogP contribution < -0.4 is 0 Å². The summed E-state index contributed by atoms with van der Waals surface area (Å²) in [5, 5.41) is 0.414. The van der Waals surface area contributed by atoms with Crippen LogP contribution in [0.3, 0.4) is 0 Å². The number of halogens is 2. The molecule has 76 valence electrons. The lowest BCUT2D eigenvalue weighted by Crippen LogP contribution is -2.05. The molecule has 14 heavy (non-hydrogen) atoms. The average molecular weight is 276 g/mol. The Morgan fingerprint density at radius 1 is 1.50 bits per heavy atom. The van der Waals surface area contributed by atoms with Crippen molar-refractivity contribution in [1.29, 1.82) is 0 Å². The van der Waals surface area contributed by atoms with E-state index in [4.69, 9.17) is 11.6 Å². The van der Waals surface area contributed by atoms with E-state index in [0.29, 0.717) is 17.6 Å². The zero-order chi connectivity index (χ0) is 10.6. The summed E-state index contributed by atoms with van der Waals surface area (Å²) in [6.07, 6.45) is 0.488. The number of hydrogen-bond donors (Lipinski definition) is 0. The third-order valence-electron chi connectivity index (χ3n) is 2.10. The van der Waals surface area contributed by atoms with E-state index in [1.165, 1.54) is 0 Å². The number of carbonyl (C=O) groups excluding carboxylic acids is 1. The van der Waals surface area contributed by atoms with E-state index in [-0.39, 0.29) is 5.78 Å². The number of rotatable bonds is 4. The molecule has 0 N–H and O–H groups in total. The van der Waals surface area contributed by atoms with E-state index >= 15 is 0 Å². The van der Waals surface area contributed by atoms with E-state index in [1.807, 2.05) is 25.1 Å². The second kappa shape index (κ2) is 5.52. The van der Waals surface area contributed by atoms with Gasteiger partial charge in [-0.15, -0.1) is 11.6 Å². The highest BCUT2D eigenvalue weighted by molar-refractivity contribution is 9.09. The van der Waals surface area contributed by atoms with Gasteiger partial charge in [-0.05, 0) is 23.6 Å². The van der Waals surface area contributed by atoms with E-state index in [1.54, 1.807) is 0 Å². The second-order valence-electron chi connectivity index (χ2n) is 3.24. The standard InChI is InChI=1S/C11H12BrClO/c1-8-2-3-9(7-13)4-10(8)5-11(14)6-12/h2-4H,5-7H2,1H3. The Hall–Kier alpha value is -0.340. The summed E-state index contributed by atoms with van der Waals surface area (Å²) in [4.78, 5) is 11.3. The number of benzene rings is 1. The van der Waals surface area contributed by atoms with Crippen LogP contribution >= 0.6 is 27.5 Å². The number of hydrogen-bond acceptors (Lipinski definition) is 1. The number of carbonyl (C=O) groups is 1. The van der Waals surface area contributed by atoms with Crippen molar-refractivity contribution < 1.29 is 4.79 Å². The number of aryl methyl sites for hydroxylation is 1. The van der Waals surface area contributed by atoms with Gasteiger partial charge in [0.25, 0.3) is 0 Å². The van der Waals surface area contributed by atoms with E-state index < -0.39 is 0 Å². The molecule has 0 bridgehead atoms. The second-order valence-corrected chi connectivity index (χ2v) is 4.07. The minimum absolute atomic E-state index is 0.194. The summed E-state index contributed by atoms with van der Waals surface area (Å²) in [5.74, 6) is 0.690. The van der Waals surface area contributed by atoms with Gasteiger partial charge in [0, 0.05) is 12.3 Å². The SMILES string of the molecule is Cc1ccc(CCl)cc1CC(=O)CBr. The predicted octanol–water partition coefficient (Wildman–Crippen LogP) is 3.24. The van der Waals surface area contributed by atoms with Crippen molar-refractivity contribution in [2.45, 2.75) is 19.2 Å². The normalized spacial score (nSPS) is 10.2. The summed E-state index contributed by atoms with van der Waals surface area (Å²) in [6, 6.07) is 6.00. The Kier molecular flexibility index (Phi) is 4.63. The fourth-order valence-corrected chi connectivity index (χ4v) is 1.62. The molecule has 0 aliphatic rings. The first-order chi connectivity index (χ1) is 6.67. The minimum Gasteiger partial charge on any atom is -0.298 e. The Balaban J connectivity index is 2.89. The third-order valence-corrected chi connectivity index (χ3v) is 3.04. The van der Waals surface area contributed by atoms with Crippen molar-refractivity contribution in [3.05, 3.63) is 34.9 Å². The van der Waals surface area contributed by atoms with Gasteiger partial charge < -0.3 is 0 Å². The summed E-state index contributed by atoms with van der Waals surface area (Å²) in [5.41, 5.74) is 3.29. The van der Waals surface area contributed by atoms with Crippen LogP contribution in [-0.4, -0.2) is 11.1 Å². The highest BCUT2D eigenvalue weighted by atomic mass is 79.9. The molecule has 3 heteroatoms. The molecule has 1 rings (SSSR count). The topological polar surface area (TPSA) is 17.1 Å². The van der Waals surface area contributed by atoms with Crippen LogP contribution in [0.4, 0.5) is 0 Å². The molecule has 1 aromatic carbocycles. The highest BCUT2D eigenvalue weighted by Crippen LogP contribution is 2.14. The van der Waals surface area contributed by atoms with E-state index in [9.17, 15) is 4.79 Å². The Morgan fingerprint density at radius 3 is 2.79 bits per heavy atom. The lowest BCUT2D eigenvalue weighted by molar-refractivity contribution is -0.115. The van der Waals surface area contributed by atoms with Gasteiger partial charge in [0.15, 0.2) is 0 Å². The summed E-state index contributed by atoms with van der Waals surface area (Å²) in [6.45, 7) is 2.01. The molecule has 0 aromatic heterocycles. The number of Topliss-reactive ketones (excluding diaryl/α,β-unsaturated/α-hetero) is 1. The van der Waals surface area contributed by atoms with Crippen molar-refractivity contribution in [2.24, 2.45) is 0 Å². The van der Waals surface area contributed by atoms with Crippen LogP contribution in [0, 0.1) is 6.92 Å². The molecule has 0 aliphatic carbocycles. The molecule has 0 saturated carbocycles. The third kappa shape index (κ3) is 3.10. The molecule has 0 saturated heterocycles. The Labute approximate surface area is 97.6 Å².